The van der Waals surface area contributed by atoms with Gasteiger partial charge in [-0.2, -0.15) is 11.8 Å². The molecule has 0 spiro atoms. The number of aliphatic carboxylic acids is 1. The monoisotopic (exact) mass is 299 g/mol. The Kier molecular flexibility index (Phi) is 6.66. The van der Waals surface area contributed by atoms with E-state index in [9.17, 15) is 9.59 Å². The molecule has 0 aliphatic carbocycles. The summed E-state index contributed by atoms with van der Waals surface area (Å²) in [6.45, 7) is 2.77. The quantitative estimate of drug-likeness (QED) is 0.760. The van der Waals surface area contributed by atoms with Crippen LogP contribution in [-0.2, 0) is 4.79 Å². The highest BCUT2D eigenvalue weighted by molar-refractivity contribution is 7.99. The van der Waals surface area contributed by atoms with Gasteiger partial charge in [-0.3, -0.25) is 4.79 Å². The van der Waals surface area contributed by atoms with E-state index in [1.165, 1.54) is 17.4 Å². The van der Waals surface area contributed by atoms with Gasteiger partial charge in [-0.15, -0.1) is 11.3 Å². The zero-order valence-corrected chi connectivity index (χ0v) is 12.5. The fraction of sp³-hybridized carbons (Fsp3) is 0.385. The Bertz CT molecular complexity index is 468. The molecule has 0 saturated heterocycles. The zero-order chi connectivity index (χ0) is 14.3. The van der Waals surface area contributed by atoms with Gasteiger partial charge in [-0.1, -0.05) is 6.92 Å². The Labute approximate surface area is 120 Å². The lowest BCUT2D eigenvalue weighted by Crippen LogP contribution is -2.25. The number of nitrogens with one attached hydrogen (secondary N) is 1. The second-order valence-corrected chi connectivity index (χ2v) is 6.36. The number of carbonyl (C=O) groups is 2. The highest BCUT2D eigenvalue weighted by atomic mass is 32.2. The molecule has 19 heavy (non-hydrogen) atoms. The van der Waals surface area contributed by atoms with Crippen molar-refractivity contribution in [3.05, 3.63) is 28.0 Å². The molecule has 4 nitrogen and oxygen atoms in total. The van der Waals surface area contributed by atoms with Gasteiger partial charge in [0.05, 0.1) is 4.88 Å². The van der Waals surface area contributed by atoms with Crippen LogP contribution in [0.1, 0.15) is 27.9 Å². The standard InChI is InChI=1S/C13H17NO3S2/c1-9(18-2)7-8-14-13(17)11-5-3-10(19-11)4-6-12(15)16/h3-6,9H,7-8H2,1-2H3,(H,14,17)(H,15,16)/b6-4+. The molecule has 1 aromatic rings. The summed E-state index contributed by atoms with van der Waals surface area (Å²) in [7, 11) is 0. The Morgan fingerprint density at radius 3 is 2.89 bits per heavy atom. The lowest BCUT2D eigenvalue weighted by atomic mass is 10.3. The first-order valence-electron chi connectivity index (χ1n) is 5.84. The summed E-state index contributed by atoms with van der Waals surface area (Å²) in [6.07, 6.45) is 5.53. The van der Waals surface area contributed by atoms with Crippen LogP contribution in [0.4, 0.5) is 0 Å². The van der Waals surface area contributed by atoms with Crippen molar-refractivity contribution in [3.8, 4) is 0 Å². The van der Waals surface area contributed by atoms with Crippen molar-refractivity contribution in [1.29, 1.82) is 0 Å². The fourth-order valence-electron chi connectivity index (χ4n) is 1.31. The molecule has 6 heteroatoms. The number of carboxylic acids is 1. The van der Waals surface area contributed by atoms with E-state index in [0.29, 0.717) is 16.7 Å². The van der Waals surface area contributed by atoms with Crippen molar-refractivity contribution >= 4 is 41.1 Å². The first-order chi connectivity index (χ1) is 9.02. The second kappa shape index (κ2) is 8.01. The average Bonchev–Trinajstić information content (AvgIpc) is 2.84. The van der Waals surface area contributed by atoms with Crippen molar-refractivity contribution < 1.29 is 14.7 Å². The molecule has 0 aliphatic rings. The molecule has 1 rings (SSSR count). The summed E-state index contributed by atoms with van der Waals surface area (Å²) in [4.78, 5) is 23.6. The zero-order valence-electron chi connectivity index (χ0n) is 10.9. The van der Waals surface area contributed by atoms with Gasteiger partial charge in [0.25, 0.3) is 5.91 Å². The van der Waals surface area contributed by atoms with E-state index in [2.05, 4.69) is 12.2 Å². The number of thioether (sulfide) groups is 1. The number of rotatable bonds is 7. The van der Waals surface area contributed by atoms with Crippen LogP contribution in [-0.4, -0.2) is 35.0 Å². The maximum absolute atomic E-state index is 11.8. The molecule has 0 saturated carbocycles. The molecular formula is C13H17NO3S2. The summed E-state index contributed by atoms with van der Waals surface area (Å²) in [5.41, 5.74) is 0. The predicted molar refractivity (Wildman–Crippen MR) is 80.9 cm³/mol. The van der Waals surface area contributed by atoms with E-state index in [1.807, 2.05) is 6.26 Å². The number of amides is 1. The van der Waals surface area contributed by atoms with Gasteiger partial charge in [0, 0.05) is 22.7 Å². The molecule has 1 unspecified atom stereocenters. The Morgan fingerprint density at radius 2 is 2.26 bits per heavy atom. The van der Waals surface area contributed by atoms with Gasteiger partial charge < -0.3 is 10.4 Å². The second-order valence-electron chi connectivity index (χ2n) is 3.96. The summed E-state index contributed by atoms with van der Waals surface area (Å²) < 4.78 is 0. The van der Waals surface area contributed by atoms with Crippen molar-refractivity contribution in [2.24, 2.45) is 0 Å². The van der Waals surface area contributed by atoms with Crippen LogP contribution in [0.2, 0.25) is 0 Å². The third-order valence-electron chi connectivity index (χ3n) is 2.48. The third kappa shape index (κ3) is 5.94. The minimum Gasteiger partial charge on any atom is -0.478 e. The molecule has 0 aromatic carbocycles. The van der Waals surface area contributed by atoms with Gasteiger partial charge in [-0.25, -0.2) is 4.79 Å². The van der Waals surface area contributed by atoms with Crippen LogP contribution >= 0.6 is 23.1 Å². The molecule has 0 aliphatic heterocycles. The van der Waals surface area contributed by atoms with E-state index in [0.717, 1.165) is 17.4 Å². The number of hydrogen-bond donors (Lipinski definition) is 2. The summed E-state index contributed by atoms with van der Waals surface area (Å²) in [6, 6.07) is 3.45. The van der Waals surface area contributed by atoms with Crippen molar-refractivity contribution in [2.45, 2.75) is 18.6 Å². The Hall–Kier alpha value is -1.27. The van der Waals surface area contributed by atoms with Crippen LogP contribution in [0, 0.1) is 0 Å². The number of carboxylic acid groups (broad SMARTS) is 1. The van der Waals surface area contributed by atoms with Gasteiger partial charge in [0.2, 0.25) is 0 Å². The molecule has 0 radical (unpaired) electrons. The molecule has 2 N–H and O–H groups in total. The smallest absolute Gasteiger partial charge is 0.328 e. The minimum absolute atomic E-state index is 0.103. The molecule has 1 aromatic heterocycles. The molecule has 0 fully saturated rings. The molecule has 1 heterocycles. The van der Waals surface area contributed by atoms with Crippen LogP contribution in [0.25, 0.3) is 6.08 Å². The molecule has 1 atom stereocenters. The topological polar surface area (TPSA) is 66.4 Å². The van der Waals surface area contributed by atoms with Crippen LogP contribution < -0.4 is 5.32 Å². The van der Waals surface area contributed by atoms with E-state index in [4.69, 9.17) is 5.11 Å². The van der Waals surface area contributed by atoms with Crippen LogP contribution in [0.15, 0.2) is 18.2 Å². The van der Waals surface area contributed by atoms with Gasteiger partial charge in [0.15, 0.2) is 0 Å². The van der Waals surface area contributed by atoms with E-state index >= 15 is 0 Å². The Balaban J connectivity index is 2.47. The molecule has 0 bridgehead atoms. The number of thiophene rings is 1. The van der Waals surface area contributed by atoms with Crippen molar-refractivity contribution in [1.82, 2.24) is 5.32 Å². The van der Waals surface area contributed by atoms with Crippen molar-refractivity contribution in [2.75, 3.05) is 12.8 Å². The van der Waals surface area contributed by atoms with Gasteiger partial charge in [-0.05, 0) is 30.9 Å². The van der Waals surface area contributed by atoms with E-state index in [-0.39, 0.29) is 5.91 Å². The SMILES string of the molecule is CSC(C)CCNC(=O)c1ccc(/C=C/C(=O)O)s1. The normalized spacial score (nSPS) is 12.5. The summed E-state index contributed by atoms with van der Waals surface area (Å²) >= 11 is 3.05. The van der Waals surface area contributed by atoms with Crippen LogP contribution in [0.3, 0.4) is 0 Å². The maximum Gasteiger partial charge on any atom is 0.328 e. The lowest BCUT2D eigenvalue weighted by molar-refractivity contribution is -0.131. The number of carbonyl (C=O) groups excluding carboxylic acids is 1. The highest BCUT2D eigenvalue weighted by Gasteiger charge is 2.08. The molecule has 1 amide bonds. The first-order valence-corrected chi connectivity index (χ1v) is 7.95. The van der Waals surface area contributed by atoms with E-state index in [1.54, 1.807) is 23.9 Å². The molecular weight excluding hydrogens is 282 g/mol. The fourth-order valence-corrected chi connectivity index (χ4v) is 2.49. The van der Waals surface area contributed by atoms with Crippen LogP contribution in [0.5, 0.6) is 0 Å². The summed E-state index contributed by atoms with van der Waals surface area (Å²) in [5, 5.41) is 11.9. The predicted octanol–water partition coefficient (Wildman–Crippen LogP) is 2.72. The minimum atomic E-state index is -0.995. The molecule has 104 valence electrons. The largest absolute Gasteiger partial charge is 0.478 e. The summed E-state index contributed by atoms with van der Waals surface area (Å²) in [5.74, 6) is -1.10. The lowest BCUT2D eigenvalue weighted by Gasteiger charge is -2.08. The van der Waals surface area contributed by atoms with Crippen molar-refractivity contribution in [3.63, 3.8) is 0 Å². The van der Waals surface area contributed by atoms with Gasteiger partial charge in [0.1, 0.15) is 0 Å². The number of hydrogen-bond acceptors (Lipinski definition) is 4. The van der Waals surface area contributed by atoms with Gasteiger partial charge >= 0.3 is 5.97 Å². The Morgan fingerprint density at radius 1 is 1.53 bits per heavy atom. The maximum atomic E-state index is 11.8. The average molecular weight is 299 g/mol. The van der Waals surface area contributed by atoms with E-state index < -0.39 is 5.97 Å². The third-order valence-corrected chi connectivity index (χ3v) is 4.57. The first kappa shape index (κ1) is 15.8. The highest BCUT2D eigenvalue weighted by Crippen LogP contribution is 2.18.